The van der Waals surface area contributed by atoms with Crippen LogP contribution in [0.1, 0.15) is 77.0 Å². The molecule has 0 aromatic rings. The molecule has 0 amide bonds. The number of hydrogen-bond donors (Lipinski definition) is 3. The second-order valence-electron chi connectivity index (χ2n) is 8.47. The number of aliphatic hydroxyl groups is 2. The predicted octanol–water partition coefficient (Wildman–Crippen LogP) is 0.833. The molecule has 2 aliphatic rings. The number of carboxylic acids is 1. The molecule has 4 unspecified atom stereocenters. The van der Waals surface area contributed by atoms with Gasteiger partial charge in [-0.15, -0.1) is 0 Å². The quantitative estimate of drug-likeness (QED) is 0.369. The van der Waals surface area contributed by atoms with E-state index in [-0.39, 0.29) is 75.8 Å². The minimum atomic E-state index is -1.45. The Labute approximate surface area is 179 Å². The van der Waals surface area contributed by atoms with Gasteiger partial charge in [-0.05, 0) is 19.3 Å². The van der Waals surface area contributed by atoms with E-state index in [1.807, 2.05) is 0 Å². The summed E-state index contributed by atoms with van der Waals surface area (Å²) in [6.45, 7) is 0. The maximum Gasteiger partial charge on any atom is 0.308 e. The lowest BCUT2D eigenvalue weighted by molar-refractivity contribution is -0.173. The van der Waals surface area contributed by atoms with Gasteiger partial charge in [-0.1, -0.05) is 0 Å². The Kier molecular flexibility index (Phi) is 9.12. The van der Waals surface area contributed by atoms with Gasteiger partial charge >= 0.3 is 17.9 Å². The predicted molar refractivity (Wildman–Crippen MR) is 104 cm³/mol. The van der Waals surface area contributed by atoms with Crippen LogP contribution in [-0.4, -0.2) is 68.7 Å². The lowest BCUT2D eigenvalue weighted by Gasteiger charge is -2.35. The number of rotatable bonds is 12. The number of ketones is 2. The van der Waals surface area contributed by atoms with Crippen LogP contribution in [0.15, 0.2) is 0 Å². The summed E-state index contributed by atoms with van der Waals surface area (Å²) in [6.07, 6.45) is -1.36. The molecule has 4 atom stereocenters. The largest absolute Gasteiger partial charge is 0.481 e. The highest BCUT2D eigenvalue weighted by Gasteiger charge is 2.40. The molecule has 0 bridgehead atoms. The fourth-order valence-corrected chi connectivity index (χ4v) is 3.94. The monoisotopic (exact) mass is 442 g/mol. The molecule has 10 heteroatoms. The Morgan fingerprint density at radius 1 is 0.903 bits per heavy atom. The number of carbonyl (C=O) groups excluding carboxylic acids is 4. The molecule has 2 fully saturated rings. The van der Waals surface area contributed by atoms with E-state index in [0.29, 0.717) is 12.8 Å². The van der Waals surface area contributed by atoms with Crippen LogP contribution in [0.2, 0.25) is 0 Å². The molecular formula is C21H30O10. The van der Waals surface area contributed by atoms with Crippen LogP contribution in [0.5, 0.6) is 0 Å². The molecule has 2 rings (SSSR count). The van der Waals surface area contributed by atoms with Gasteiger partial charge in [0.2, 0.25) is 0 Å². The van der Waals surface area contributed by atoms with Crippen molar-refractivity contribution in [3.05, 3.63) is 0 Å². The molecule has 31 heavy (non-hydrogen) atoms. The molecule has 0 spiro atoms. The van der Waals surface area contributed by atoms with Crippen molar-refractivity contribution >= 4 is 29.5 Å². The van der Waals surface area contributed by atoms with Crippen molar-refractivity contribution in [2.24, 2.45) is 0 Å². The Balaban J connectivity index is 1.66. The lowest BCUT2D eigenvalue weighted by atomic mass is 9.84. The van der Waals surface area contributed by atoms with E-state index in [2.05, 4.69) is 0 Å². The second-order valence-corrected chi connectivity index (χ2v) is 8.47. The minimum Gasteiger partial charge on any atom is -0.481 e. The molecule has 0 saturated carbocycles. The first-order valence-electron chi connectivity index (χ1n) is 10.6. The van der Waals surface area contributed by atoms with Crippen molar-refractivity contribution in [2.45, 2.75) is 101 Å². The highest BCUT2D eigenvalue weighted by atomic mass is 16.6. The van der Waals surface area contributed by atoms with Gasteiger partial charge in [0.15, 0.2) is 0 Å². The molecule has 10 nitrogen and oxygen atoms in total. The molecule has 2 aliphatic heterocycles. The maximum atomic E-state index is 12.1. The number of hydrogen-bond acceptors (Lipinski definition) is 9. The highest BCUT2D eigenvalue weighted by Crippen LogP contribution is 2.32. The molecule has 0 aliphatic carbocycles. The summed E-state index contributed by atoms with van der Waals surface area (Å²) in [5.41, 5.74) is -1.45. The Morgan fingerprint density at radius 3 is 2.06 bits per heavy atom. The van der Waals surface area contributed by atoms with Crippen LogP contribution >= 0.6 is 0 Å². The number of Topliss-reactive ketones (excluding diaryl/α,β-unsaturated/α-hetero) is 2. The zero-order chi connectivity index (χ0) is 23.0. The lowest BCUT2D eigenvalue weighted by Crippen LogP contribution is -2.43. The summed E-state index contributed by atoms with van der Waals surface area (Å²) in [4.78, 5) is 57.9. The number of cyclic esters (lactones) is 2. The first-order chi connectivity index (χ1) is 14.5. The minimum absolute atomic E-state index is 0.0355. The highest BCUT2D eigenvalue weighted by molar-refractivity contribution is 5.86. The number of carboxylic acid groups (broad SMARTS) is 1. The second kappa shape index (κ2) is 11.3. The van der Waals surface area contributed by atoms with Crippen molar-refractivity contribution < 1.29 is 48.8 Å². The molecule has 3 N–H and O–H groups in total. The molecule has 2 heterocycles. The van der Waals surface area contributed by atoms with Crippen LogP contribution in [0.4, 0.5) is 0 Å². The average Bonchev–Trinajstić information content (AvgIpc) is 2.66. The van der Waals surface area contributed by atoms with Crippen LogP contribution < -0.4 is 0 Å². The van der Waals surface area contributed by atoms with E-state index in [1.54, 1.807) is 0 Å². The van der Waals surface area contributed by atoms with Crippen molar-refractivity contribution in [1.29, 1.82) is 0 Å². The van der Waals surface area contributed by atoms with E-state index in [4.69, 9.17) is 14.6 Å². The summed E-state index contributed by atoms with van der Waals surface area (Å²) in [6, 6.07) is 0. The summed E-state index contributed by atoms with van der Waals surface area (Å²) < 4.78 is 10.2. The van der Waals surface area contributed by atoms with Crippen LogP contribution in [0.3, 0.4) is 0 Å². The van der Waals surface area contributed by atoms with Gasteiger partial charge < -0.3 is 24.8 Å². The Bertz CT molecular complexity index is 702. The summed E-state index contributed by atoms with van der Waals surface area (Å²) >= 11 is 0. The number of ether oxygens (including phenoxy) is 2. The summed E-state index contributed by atoms with van der Waals surface area (Å²) in [5, 5.41) is 28.8. The number of carbonyl (C=O) groups is 5. The Hall–Kier alpha value is -2.33. The van der Waals surface area contributed by atoms with Crippen molar-refractivity contribution in [3.8, 4) is 0 Å². The van der Waals surface area contributed by atoms with Crippen molar-refractivity contribution in [3.63, 3.8) is 0 Å². The van der Waals surface area contributed by atoms with Gasteiger partial charge in [-0.3, -0.25) is 24.0 Å². The SMILES string of the molecule is O=C(O)CCC1(O)CC(=O)OC(CCC(=O)CCC(=O)CCC2CC(O)CC(=O)O2)C1. The van der Waals surface area contributed by atoms with E-state index in [1.165, 1.54) is 0 Å². The first kappa shape index (κ1) is 24.9. The van der Waals surface area contributed by atoms with Gasteiger partial charge in [-0.25, -0.2) is 0 Å². The zero-order valence-corrected chi connectivity index (χ0v) is 17.4. The fourth-order valence-electron chi connectivity index (χ4n) is 3.94. The summed E-state index contributed by atoms with van der Waals surface area (Å²) in [5.74, 6) is -2.49. The van der Waals surface area contributed by atoms with Gasteiger partial charge in [0.05, 0.1) is 24.5 Å². The fraction of sp³-hybridized carbons (Fsp3) is 0.762. The number of aliphatic hydroxyl groups excluding tert-OH is 1. The van der Waals surface area contributed by atoms with Crippen LogP contribution in [-0.2, 0) is 33.4 Å². The van der Waals surface area contributed by atoms with Crippen LogP contribution in [0, 0.1) is 0 Å². The zero-order valence-electron chi connectivity index (χ0n) is 17.4. The normalized spacial score (nSPS) is 28.5. The van der Waals surface area contributed by atoms with Gasteiger partial charge in [0.1, 0.15) is 23.8 Å². The third-order valence-corrected chi connectivity index (χ3v) is 5.59. The Morgan fingerprint density at radius 2 is 1.48 bits per heavy atom. The number of aliphatic carboxylic acids is 1. The number of esters is 2. The third-order valence-electron chi connectivity index (χ3n) is 5.59. The van der Waals surface area contributed by atoms with E-state index in [0.717, 1.165) is 0 Å². The molecule has 0 aromatic carbocycles. The molecular weight excluding hydrogens is 412 g/mol. The van der Waals surface area contributed by atoms with Crippen molar-refractivity contribution in [2.75, 3.05) is 0 Å². The molecule has 0 radical (unpaired) electrons. The summed E-state index contributed by atoms with van der Waals surface area (Å²) in [7, 11) is 0. The van der Waals surface area contributed by atoms with E-state index < -0.39 is 41.8 Å². The van der Waals surface area contributed by atoms with Crippen LogP contribution in [0.25, 0.3) is 0 Å². The van der Waals surface area contributed by atoms with E-state index in [9.17, 15) is 34.2 Å². The molecule has 0 aromatic heterocycles. The molecule has 174 valence electrons. The standard InChI is InChI=1S/C21H30O10/c22-13(3-5-16-9-15(24)10-19(27)30-16)1-2-14(23)4-6-17-11-21(29,8-7-18(25)26)12-20(28)31-17/h15-17,24,29H,1-12H2,(H,25,26). The third kappa shape index (κ3) is 9.14. The van der Waals surface area contributed by atoms with Gasteiger partial charge in [0.25, 0.3) is 0 Å². The first-order valence-corrected chi connectivity index (χ1v) is 10.6. The van der Waals surface area contributed by atoms with Gasteiger partial charge in [0, 0.05) is 44.9 Å². The topological polar surface area (TPSA) is 164 Å². The van der Waals surface area contributed by atoms with Crippen molar-refractivity contribution in [1.82, 2.24) is 0 Å². The van der Waals surface area contributed by atoms with E-state index >= 15 is 0 Å². The average molecular weight is 442 g/mol. The van der Waals surface area contributed by atoms with Gasteiger partial charge in [-0.2, -0.15) is 0 Å². The molecule has 2 saturated heterocycles. The smallest absolute Gasteiger partial charge is 0.308 e. The maximum absolute atomic E-state index is 12.1.